The Bertz CT molecular complexity index is 856. The maximum Gasteiger partial charge on any atom is 0.303 e. The van der Waals surface area contributed by atoms with E-state index in [0.717, 1.165) is 15.8 Å². The number of aliphatic hydroxyl groups is 1. The van der Waals surface area contributed by atoms with Gasteiger partial charge in [-0.2, -0.15) is 9.78 Å². The lowest BCUT2D eigenvalue weighted by Gasteiger charge is -2.09. The summed E-state index contributed by atoms with van der Waals surface area (Å²) in [4.78, 5) is 12.7. The van der Waals surface area contributed by atoms with Gasteiger partial charge in [-0.3, -0.25) is 10.2 Å². The minimum absolute atomic E-state index is 0.0814. The van der Waals surface area contributed by atoms with Gasteiger partial charge >= 0.3 is 5.56 Å². The first kappa shape index (κ1) is 15.5. The van der Waals surface area contributed by atoms with E-state index in [0.29, 0.717) is 17.6 Å². The lowest BCUT2D eigenvalue weighted by atomic mass is 10.2. The van der Waals surface area contributed by atoms with Crippen molar-refractivity contribution in [1.82, 2.24) is 24.8 Å². The van der Waals surface area contributed by atoms with Crippen molar-refractivity contribution in [2.24, 2.45) is 5.73 Å². The van der Waals surface area contributed by atoms with Crippen LogP contribution in [0, 0.1) is 5.41 Å². The molecule has 0 saturated carbocycles. The molecule has 0 saturated heterocycles. The largest absolute Gasteiger partial charge is 0.460 e. The van der Waals surface area contributed by atoms with Crippen molar-refractivity contribution >= 4 is 34.6 Å². The van der Waals surface area contributed by atoms with Gasteiger partial charge in [0.25, 0.3) is 0 Å². The van der Waals surface area contributed by atoms with E-state index in [1.807, 2.05) is 6.92 Å². The zero-order valence-electron chi connectivity index (χ0n) is 12.3. The van der Waals surface area contributed by atoms with Crippen LogP contribution in [0.25, 0.3) is 16.9 Å². The first-order valence-corrected chi connectivity index (χ1v) is 7.86. The molecule has 0 amide bonds. The Kier molecular flexibility index (Phi) is 4.05. The monoisotopic (exact) mass is 337 g/mol. The van der Waals surface area contributed by atoms with Gasteiger partial charge in [0.05, 0.1) is 12.3 Å². The minimum atomic E-state index is -0.537. The van der Waals surface area contributed by atoms with Crippen molar-refractivity contribution in [1.29, 1.82) is 5.41 Å². The van der Waals surface area contributed by atoms with Crippen LogP contribution < -0.4 is 11.3 Å². The zero-order valence-corrected chi connectivity index (χ0v) is 13.1. The highest BCUT2D eigenvalue weighted by Gasteiger charge is 2.25. The highest BCUT2D eigenvalue weighted by atomic mass is 32.2. The molecule has 11 heteroatoms. The number of nitrogen functional groups attached to an aromatic ring is 1. The van der Waals surface area contributed by atoms with Gasteiger partial charge in [0, 0.05) is 5.41 Å². The molecule has 0 aromatic carbocycles. The van der Waals surface area contributed by atoms with Crippen LogP contribution in [0.2, 0.25) is 0 Å². The second-order valence-electron chi connectivity index (χ2n) is 4.82. The molecule has 3 heterocycles. The van der Waals surface area contributed by atoms with E-state index in [2.05, 4.69) is 15.4 Å². The summed E-state index contributed by atoms with van der Waals surface area (Å²) < 4.78 is 7.43. The average Bonchev–Trinajstić information content (AvgIpc) is 3.13. The first-order valence-electron chi connectivity index (χ1n) is 6.92. The van der Waals surface area contributed by atoms with Crippen LogP contribution in [0.15, 0.2) is 10.2 Å². The maximum absolute atomic E-state index is 12.7. The number of rotatable bonds is 4. The van der Waals surface area contributed by atoms with Gasteiger partial charge in [0.1, 0.15) is 5.52 Å². The zero-order chi connectivity index (χ0) is 16.6. The van der Waals surface area contributed by atoms with Gasteiger partial charge in [0.15, 0.2) is 11.0 Å². The van der Waals surface area contributed by atoms with E-state index >= 15 is 0 Å². The van der Waals surface area contributed by atoms with E-state index in [4.69, 9.17) is 21.0 Å². The molecule has 23 heavy (non-hydrogen) atoms. The van der Waals surface area contributed by atoms with Crippen molar-refractivity contribution < 1.29 is 9.84 Å². The standard InChI is InChI=1S/C12H15N7O3S/c1-2-3-6-9-10(19(16-6)12(13)14)11(21)18(17-15-9)7-5-23-8(4-20)22-7/h5,8,20H,2-4H2,1H3,(H3,13,14). The molecule has 1 aliphatic rings. The number of nitrogens with zero attached hydrogens (tertiary/aromatic N) is 5. The maximum atomic E-state index is 12.7. The molecule has 3 rings (SSSR count). The van der Waals surface area contributed by atoms with Crippen LogP contribution in [0.4, 0.5) is 0 Å². The van der Waals surface area contributed by atoms with Crippen molar-refractivity contribution in [3.63, 3.8) is 0 Å². The molecule has 4 N–H and O–H groups in total. The molecule has 122 valence electrons. The van der Waals surface area contributed by atoms with Gasteiger partial charge < -0.3 is 15.6 Å². The first-order chi connectivity index (χ1) is 11.1. The molecule has 1 atom stereocenters. The third-order valence-corrected chi connectivity index (χ3v) is 4.09. The van der Waals surface area contributed by atoms with E-state index < -0.39 is 11.0 Å². The number of thioether (sulfide) groups is 1. The van der Waals surface area contributed by atoms with Gasteiger partial charge in [0.2, 0.25) is 11.8 Å². The molecule has 1 unspecified atom stereocenters. The second kappa shape index (κ2) is 6.01. The summed E-state index contributed by atoms with van der Waals surface area (Å²) in [5.41, 5.74) is 5.47. The number of aliphatic hydroxyl groups excluding tert-OH is 1. The molecule has 10 nitrogen and oxygen atoms in total. The number of aromatic nitrogens is 5. The number of hydrogen-bond donors (Lipinski definition) is 3. The predicted octanol–water partition coefficient (Wildman–Crippen LogP) is -0.480. The highest BCUT2D eigenvalue weighted by Crippen LogP contribution is 2.28. The summed E-state index contributed by atoms with van der Waals surface area (Å²) in [6, 6.07) is 0. The van der Waals surface area contributed by atoms with E-state index in [1.165, 1.54) is 11.8 Å². The fourth-order valence-electron chi connectivity index (χ4n) is 2.21. The second-order valence-corrected chi connectivity index (χ2v) is 5.85. The number of aryl methyl sites for hydroxylation is 1. The lowest BCUT2D eigenvalue weighted by Crippen LogP contribution is -2.30. The summed E-state index contributed by atoms with van der Waals surface area (Å²) in [5.74, 6) is -0.209. The van der Waals surface area contributed by atoms with E-state index in [9.17, 15) is 4.79 Å². The third kappa shape index (κ3) is 2.57. The van der Waals surface area contributed by atoms with Crippen LogP contribution in [0.3, 0.4) is 0 Å². The van der Waals surface area contributed by atoms with Crippen molar-refractivity contribution in [3.8, 4) is 0 Å². The van der Waals surface area contributed by atoms with E-state index in [1.54, 1.807) is 5.41 Å². The minimum Gasteiger partial charge on any atom is -0.460 e. The Morgan fingerprint density at radius 1 is 1.61 bits per heavy atom. The Hall–Kier alpha value is -2.40. The van der Waals surface area contributed by atoms with Gasteiger partial charge in [-0.05, 0) is 6.42 Å². The van der Waals surface area contributed by atoms with Crippen LogP contribution in [-0.2, 0) is 11.2 Å². The Morgan fingerprint density at radius 2 is 2.39 bits per heavy atom. The molecule has 0 bridgehead atoms. The van der Waals surface area contributed by atoms with Crippen molar-refractivity contribution in [2.45, 2.75) is 25.2 Å². The topological polar surface area (TPSA) is 145 Å². The number of nitrogens with two attached hydrogens (primary N) is 1. The average molecular weight is 337 g/mol. The Balaban J connectivity index is 2.17. The van der Waals surface area contributed by atoms with Crippen molar-refractivity contribution in [3.05, 3.63) is 21.5 Å². The quantitative estimate of drug-likeness (QED) is 0.501. The lowest BCUT2D eigenvalue weighted by molar-refractivity contribution is 0.149. The molecular formula is C12H15N7O3S. The summed E-state index contributed by atoms with van der Waals surface area (Å²) >= 11 is 1.23. The Morgan fingerprint density at radius 3 is 3.00 bits per heavy atom. The molecule has 1 aliphatic heterocycles. The number of hydrogen-bond acceptors (Lipinski definition) is 8. The molecule has 0 aliphatic carbocycles. The number of nitrogens with one attached hydrogen (secondary N) is 1. The smallest absolute Gasteiger partial charge is 0.303 e. The molecule has 0 fully saturated rings. The SMILES string of the molecule is CCCc1nn(C(=N)N)c2c(=O)n(C3=CSC(CO)O3)nnc12. The third-order valence-electron chi connectivity index (χ3n) is 3.20. The number of fused-ring (bicyclic) bond motifs is 1. The predicted molar refractivity (Wildman–Crippen MR) is 84.7 cm³/mol. The van der Waals surface area contributed by atoms with Crippen LogP contribution in [-0.4, -0.2) is 47.9 Å². The fraction of sp³-hybridized carbons (Fsp3) is 0.417. The number of ether oxygens (including phenoxy) is 1. The molecule has 0 spiro atoms. The van der Waals surface area contributed by atoms with E-state index in [-0.39, 0.29) is 24.0 Å². The molecule has 0 radical (unpaired) electrons. The molecule has 2 aromatic heterocycles. The highest BCUT2D eigenvalue weighted by molar-refractivity contribution is 8.03. The summed E-state index contributed by atoms with van der Waals surface area (Å²) in [6.07, 6.45) is 1.40. The summed E-state index contributed by atoms with van der Waals surface area (Å²) in [5, 5.41) is 30.4. The van der Waals surface area contributed by atoms with Gasteiger partial charge in [-0.1, -0.05) is 30.3 Å². The molecule has 2 aromatic rings. The van der Waals surface area contributed by atoms with Gasteiger partial charge in [-0.15, -0.1) is 9.78 Å². The normalized spacial score (nSPS) is 17.3. The Labute approximate surface area is 134 Å². The fourth-order valence-corrected chi connectivity index (χ4v) is 2.87. The van der Waals surface area contributed by atoms with Gasteiger partial charge in [-0.25, -0.2) is 0 Å². The molecular weight excluding hydrogens is 322 g/mol. The van der Waals surface area contributed by atoms with Crippen molar-refractivity contribution in [2.75, 3.05) is 6.61 Å². The summed E-state index contributed by atoms with van der Waals surface area (Å²) in [6.45, 7) is 1.78. The van der Waals surface area contributed by atoms with Crippen LogP contribution in [0.1, 0.15) is 19.0 Å². The van der Waals surface area contributed by atoms with Crippen LogP contribution in [0.5, 0.6) is 0 Å². The van der Waals surface area contributed by atoms with Crippen LogP contribution >= 0.6 is 11.8 Å². The summed E-state index contributed by atoms with van der Waals surface area (Å²) in [7, 11) is 0.